The first-order valence-corrected chi connectivity index (χ1v) is 11.5. The van der Waals surface area contributed by atoms with E-state index < -0.39 is 0 Å². The Hall–Kier alpha value is -3.58. The van der Waals surface area contributed by atoms with Gasteiger partial charge in [0.05, 0.1) is 11.4 Å². The molecule has 5 rings (SSSR count). The fourth-order valence-corrected chi connectivity index (χ4v) is 5.03. The van der Waals surface area contributed by atoms with Crippen LogP contribution in [0.5, 0.6) is 0 Å². The Balaban J connectivity index is 1.53. The summed E-state index contributed by atoms with van der Waals surface area (Å²) in [5.74, 6) is 0. The molecule has 0 aliphatic rings. The molecule has 0 bridgehead atoms. The summed E-state index contributed by atoms with van der Waals surface area (Å²) < 4.78 is 5.74. The first-order chi connectivity index (χ1) is 15.5. The number of thiazole rings is 1. The Morgan fingerprint density at radius 1 is 1.03 bits per heavy atom. The van der Waals surface area contributed by atoms with Crippen LogP contribution in [-0.2, 0) is 20.0 Å². The molecule has 32 heavy (non-hydrogen) atoms. The summed E-state index contributed by atoms with van der Waals surface area (Å²) in [6, 6.07) is 18.0. The van der Waals surface area contributed by atoms with Gasteiger partial charge in [-0.2, -0.15) is 0 Å². The molecule has 7 heteroatoms. The molecule has 5 aromatic rings. The highest BCUT2D eigenvalue weighted by atomic mass is 32.1. The number of hydrogen-bond donors (Lipinski definition) is 1. The quantitative estimate of drug-likeness (QED) is 0.424. The standard InChI is InChI=1S/C25H25N5OS/c1-17-16-32-25(29(17)14-13-19-15-26-22-12-8-7-11-21(19)22)27-23-18(2)28(3)30(24(23)31)20-9-5-4-6-10-20/h4-12,15-16,26H,13-14H2,1-3H3. The third-order valence-electron chi connectivity index (χ3n) is 6.00. The molecule has 2 aromatic carbocycles. The third kappa shape index (κ3) is 3.44. The van der Waals surface area contributed by atoms with E-state index in [1.54, 1.807) is 16.0 Å². The van der Waals surface area contributed by atoms with Gasteiger partial charge >= 0.3 is 0 Å². The van der Waals surface area contributed by atoms with Crippen molar-refractivity contribution in [2.45, 2.75) is 26.8 Å². The molecule has 0 amide bonds. The van der Waals surface area contributed by atoms with Crippen LogP contribution >= 0.6 is 11.3 Å². The molecule has 0 aliphatic heterocycles. The van der Waals surface area contributed by atoms with Gasteiger partial charge < -0.3 is 9.55 Å². The number of nitrogens with one attached hydrogen (secondary N) is 1. The summed E-state index contributed by atoms with van der Waals surface area (Å²) in [6.45, 7) is 4.83. The summed E-state index contributed by atoms with van der Waals surface area (Å²) in [6.07, 6.45) is 2.97. The van der Waals surface area contributed by atoms with Crippen molar-refractivity contribution in [1.82, 2.24) is 18.9 Å². The Morgan fingerprint density at radius 2 is 1.78 bits per heavy atom. The fourth-order valence-electron chi connectivity index (χ4n) is 4.12. The zero-order chi connectivity index (χ0) is 22.2. The zero-order valence-electron chi connectivity index (χ0n) is 18.4. The maximum Gasteiger partial charge on any atom is 0.297 e. The molecule has 1 N–H and O–H groups in total. The van der Waals surface area contributed by atoms with E-state index in [2.05, 4.69) is 46.3 Å². The van der Waals surface area contributed by atoms with E-state index >= 15 is 0 Å². The molecule has 0 aliphatic carbocycles. The van der Waals surface area contributed by atoms with Crippen LogP contribution in [0.4, 0.5) is 5.69 Å². The Morgan fingerprint density at radius 3 is 2.59 bits per heavy atom. The molecular weight excluding hydrogens is 418 g/mol. The van der Waals surface area contributed by atoms with E-state index in [0.717, 1.165) is 40.4 Å². The number of rotatable bonds is 5. The van der Waals surface area contributed by atoms with E-state index in [0.29, 0.717) is 5.69 Å². The molecule has 0 atom stereocenters. The summed E-state index contributed by atoms with van der Waals surface area (Å²) in [4.78, 5) is 22.3. The van der Waals surface area contributed by atoms with E-state index in [1.807, 2.05) is 55.1 Å². The summed E-state index contributed by atoms with van der Waals surface area (Å²) >= 11 is 1.57. The van der Waals surface area contributed by atoms with Crippen molar-refractivity contribution in [3.63, 3.8) is 0 Å². The van der Waals surface area contributed by atoms with Crippen LogP contribution in [0.3, 0.4) is 0 Å². The number of H-pyrrole nitrogens is 1. The van der Waals surface area contributed by atoms with Crippen molar-refractivity contribution >= 4 is 27.9 Å². The fraction of sp³-hybridized carbons (Fsp3) is 0.200. The van der Waals surface area contributed by atoms with Gasteiger partial charge in [0.1, 0.15) is 0 Å². The molecule has 0 radical (unpaired) electrons. The van der Waals surface area contributed by atoms with Crippen LogP contribution < -0.4 is 10.4 Å². The highest BCUT2D eigenvalue weighted by molar-refractivity contribution is 7.07. The number of aryl methyl sites for hydroxylation is 2. The van der Waals surface area contributed by atoms with Crippen LogP contribution in [0.1, 0.15) is 17.0 Å². The van der Waals surface area contributed by atoms with Crippen LogP contribution in [-0.4, -0.2) is 18.9 Å². The van der Waals surface area contributed by atoms with Crippen molar-refractivity contribution in [3.05, 3.63) is 98.3 Å². The number of para-hydroxylation sites is 2. The monoisotopic (exact) mass is 443 g/mol. The average molecular weight is 444 g/mol. The molecule has 162 valence electrons. The smallest absolute Gasteiger partial charge is 0.297 e. The van der Waals surface area contributed by atoms with Crippen LogP contribution in [0.2, 0.25) is 0 Å². The third-order valence-corrected chi connectivity index (χ3v) is 6.98. The zero-order valence-corrected chi connectivity index (χ0v) is 19.2. The number of hydrogen-bond acceptors (Lipinski definition) is 3. The molecule has 0 fully saturated rings. The van der Waals surface area contributed by atoms with E-state index in [4.69, 9.17) is 4.99 Å². The maximum absolute atomic E-state index is 13.3. The SMILES string of the molecule is Cc1csc(=Nc2c(C)n(C)n(-c3ccccc3)c2=O)n1CCc1c[nH]c2ccccc12. The molecular formula is C25H25N5OS. The largest absolute Gasteiger partial charge is 0.361 e. The Kier molecular flexibility index (Phi) is 5.19. The number of fused-ring (bicyclic) bond motifs is 1. The average Bonchev–Trinajstić information content (AvgIpc) is 3.44. The Labute approximate surface area is 189 Å². The predicted molar refractivity (Wildman–Crippen MR) is 130 cm³/mol. The minimum absolute atomic E-state index is 0.106. The lowest BCUT2D eigenvalue weighted by molar-refractivity contribution is 0.630. The predicted octanol–water partition coefficient (Wildman–Crippen LogP) is 4.61. The molecule has 3 aromatic heterocycles. The van der Waals surface area contributed by atoms with Gasteiger partial charge in [0.2, 0.25) is 0 Å². The summed E-state index contributed by atoms with van der Waals surface area (Å²) in [5, 5.41) is 3.35. The second-order valence-corrected chi connectivity index (χ2v) is 8.78. The normalized spacial score (nSPS) is 12.2. The minimum Gasteiger partial charge on any atom is -0.361 e. The second-order valence-electron chi connectivity index (χ2n) is 7.94. The lowest BCUT2D eigenvalue weighted by atomic mass is 10.1. The van der Waals surface area contributed by atoms with Crippen molar-refractivity contribution in [2.24, 2.45) is 12.0 Å². The van der Waals surface area contributed by atoms with E-state index in [1.165, 1.54) is 10.9 Å². The number of aromatic amines is 1. The van der Waals surface area contributed by atoms with Gasteiger partial charge in [0.25, 0.3) is 5.56 Å². The Bertz CT molecular complexity index is 1530. The van der Waals surface area contributed by atoms with Gasteiger partial charge in [-0.05, 0) is 44.0 Å². The first-order valence-electron chi connectivity index (χ1n) is 10.6. The number of nitrogens with zero attached hydrogens (tertiary/aromatic N) is 4. The molecule has 0 saturated heterocycles. The van der Waals surface area contributed by atoms with Gasteiger partial charge in [-0.3, -0.25) is 9.48 Å². The van der Waals surface area contributed by atoms with Crippen LogP contribution in [0.25, 0.3) is 16.6 Å². The topological polar surface area (TPSA) is 60.0 Å². The van der Waals surface area contributed by atoms with Gasteiger partial charge in [0, 0.05) is 41.8 Å². The van der Waals surface area contributed by atoms with Crippen LogP contribution in [0, 0.1) is 13.8 Å². The highest BCUT2D eigenvalue weighted by Gasteiger charge is 2.16. The van der Waals surface area contributed by atoms with Crippen molar-refractivity contribution in [1.29, 1.82) is 0 Å². The van der Waals surface area contributed by atoms with Gasteiger partial charge in [-0.1, -0.05) is 36.4 Å². The lowest BCUT2D eigenvalue weighted by Crippen LogP contribution is -2.20. The van der Waals surface area contributed by atoms with E-state index in [-0.39, 0.29) is 5.56 Å². The summed E-state index contributed by atoms with van der Waals surface area (Å²) in [7, 11) is 1.90. The molecule has 0 saturated carbocycles. The maximum atomic E-state index is 13.3. The van der Waals surface area contributed by atoms with Gasteiger partial charge in [-0.15, -0.1) is 11.3 Å². The molecule has 0 unspecified atom stereocenters. The van der Waals surface area contributed by atoms with E-state index in [9.17, 15) is 4.79 Å². The highest BCUT2D eigenvalue weighted by Crippen LogP contribution is 2.19. The first kappa shape index (κ1) is 20.3. The molecule has 0 spiro atoms. The van der Waals surface area contributed by atoms with Crippen molar-refractivity contribution < 1.29 is 0 Å². The van der Waals surface area contributed by atoms with Crippen molar-refractivity contribution in [2.75, 3.05) is 0 Å². The van der Waals surface area contributed by atoms with Crippen molar-refractivity contribution in [3.8, 4) is 5.69 Å². The lowest BCUT2D eigenvalue weighted by Gasteiger charge is -2.07. The van der Waals surface area contributed by atoms with Gasteiger partial charge in [-0.25, -0.2) is 9.67 Å². The summed E-state index contributed by atoms with van der Waals surface area (Å²) in [5.41, 5.74) is 5.63. The van der Waals surface area contributed by atoms with Gasteiger partial charge in [0.15, 0.2) is 10.5 Å². The minimum atomic E-state index is -0.106. The van der Waals surface area contributed by atoms with Crippen LogP contribution in [0.15, 0.2) is 76.0 Å². The number of aromatic nitrogens is 4. The number of benzene rings is 2. The molecule has 3 heterocycles. The molecule has 6 nitrogen and oxygen atoms in total. The second kappa shape index (κ2) is 8.16.